The topological polar surface area (TPSA) is 67.4 Å². The van der Waals surface area contributed by atoms with Crippen molar-refractivity contribution < 1.29 is 23.1 Å². The molecule has 1 heterocycles. The lowest BCUT2D eigenvalue weighted by atomic mass is 10.0. The number of nitrogens with one attached hydrogen (secondary N) is 2. The fraction of sp³-hybridized carbons (Fsp3) is 0.0588. The second kappa shape index (κ2) is 6.49. The average Bonchev–Trinajstić information content (AvgIpc) is 2.83. The normalized spacial score (nSPS) is 14.1. The van der Waals surface area contributed by atoms with Gasteiger partial charge in [0.1, 0.15) is 11.4 Å². The van der Waals surface area contributed by atoms with Gasteiger partial charge in [0.2, 0.25) is 0 Å². The third-order valence-corrected chi connectivity index (χ3v) is 3.34. The van der Waals surface area contributed by atoms with Crippen LogP contribution >= 0.6 is 0 Å². The van der Waals surface area contributed by atoms with Gasteiger partial charge in [0, 0.05) is 5.69 Å². The largest absolute Gasteiger partial charge is 0.435 e. The molecule has 0 saturated carbocycles. The summed E-state index contributed by atoms with van der Waals surface area (Å²) in [6.07, 6.45) is 0. The smallest absolute Gasteiger partial charge is 0.387 e. The van der Waals surface area contributed by atoms with Crippen LogP contribution in [-0.4, -0.2) is 18.4 Å². The van der Waals surface area contributed by atoms with E-state index in [1.165, 1.54) is 24.3 Å². The predicted molar refractivity (Wildman–Crippen MR) is 83.2 cm³/mol. The quantitative estimate of drug-likeness (QED) is 0.827. The number of rotatable bonds is 5. The molecule has 0 spiro atoms. The minimum Gasteiger partial charge on any atom is -0.435 e. The van der Waals surface area contributed by atoms with E-state index in [1.807, 2.05) is 0 Å². The van der Waals surface area contributed by atoms with Crippen LogP contribution in [0.25, 0.3) is 5.57 Å². The van der Waals surface area contributed by atoms with Gasteiger partial charge in [-0.25, -0.2) is 0 Å². The number of halogens is 2. The van der Waals surface area contributed by atoms with Crippen molar-refractivity contribution in [3.63, 3.8) is 0 Å². The summed E-state index contributed by atoms with van der Waals surface area (Å²) in [5.41, 5.74) is 1.40. The van der Waals surface area contributed by atoms with E-state index in [0.29, 0.717) is 11.3 Å². The fourth-order valence-corrected chi connectivity index (χ4v) is 2.32. The SMILES string of the molecule is O=C1NC(=O)C(c2ccccc2)=C1Nc1ccc(OC(F)F)cc1. The summed E-state index contributed by atoms with van der Waals surface area (Å²) < 4.78 is 28.6. The second-order valence-corrected chi connectivity index (χ2v) is 4.93. The first-order valence-corrected chi connectivity index (χ1v) is 7.02. The average molecular weight is 330 g/mol. The highest BCUT2D eigenvalue weighted by atomic mass is 19.3. The van der Waals surface area contributed by atoms with Gasteiger partial charge in [-0.2, -0.15) is 8.78 Å². The third-order valence-electron chi connectivity index (χ3n) is 3.34. The molecular weight excluding hydrogens is 318 g/mol. The molecule has 0 bridgehead atoms. The summed E-state index contributed by atoms with van der Waals surface area (Å²) >= 11 is 0. The van der Waals surface area contributed by atoms with E-state index in [1.54, 1.807) is 30.3 Å². The molecule has 24 heavy (non-hydrogen) atoms. The molecule has 0 saturated heterocycles. The Morgan fingerprint density at radius 2 is 1.58 bits per heavy atom. The number of hydrogen-bond acceptors (Lipinski definition) is 4. The molecule has 3 rings (SSSR count). The van der Waals surface area contributed by atoms with Crippen LogP contribution in [0.4, 0.5) is 14.5 Å². The van der Waals surface area contributed by atoms with Gasteiger partial charge >= 0.3 is 6.61 Å². The second-order valence-electron chi connectivity index (χ2n) is 4.93. The van der Waals surface area contributed by atoms with Crippen molar-refractivity contribution in [1.82, 2.24) is 5.32 Å². The first-order valence-electron chi connectivity index (χ1n) is 7.02. The first kappa shape index (κ1) is 15.7. The zero-order chi connectivity index (χ0) is 17.1. The number of carbonyl (C=O) groups is 2. The molecule has 0 atom stereocenters. The molecule has 1 aliphatic rings. The zero-order valence-corrected chi connectivity index (χ0v) is 12.3. The van der Waals surface area contributed by atoms with Crippen molar-refractivity contribution in [2.45, 2.75) is 6.61 Å². The molecule has 5 nitrogen and oxygen atoms in total. The summed E-state index contributed by atoms with van der Waals surface area (Å²) in [4.78, 5) is 24.0. The molecule has 122 valence electrons. The maximum atomic E-state index is 12.1. The summed E-state index contributed by atoms with van der Waals surface area (Å²) in [6, 6.07) is 14.4. The summed E-state index contributed by atoms with van der Waals surface area (Å²) in [5.74, 6) is -1.04. The summed E-state index contributed by atoms with van der Waals surface area (Å²) in [7, 11) is 0. The molecule has 2 aromatic rings. The molecule has 1 aliphatic heterocycles. The standard InChI is InChI=1S/C17H12F2N2O3/c18-17(19)24-12-8-6-11(7-9-12)20-14-13(15(22)21-16(14)23)10-4-2-1-3-5-10/h1-9,17H,(H2,20,21,22,23). The summed E-state index contributed by atoms with van der Waals surface area (Å²) in [5, 5.41) is 5.09. The van der Waals surface area contributed by atoms with E-state index in [2.05, 4.69) is 15.4 Å². The van der Waals surface area contributed by atoms with E-state index in [9.17, 15) is 18.4 Å². The van der Waals surface area contributed by atoms with Gasteiger partial charge in [-0.3, -0.25) is 14.9 Å². The van der Waals surface area contributed by atoms with Crippen LogP contribution in [0.5, 0.6) is 5.75 Å². The molecule has 2 N–H and O–H groups in total. The van der Waals surface area contributed by atoms with Crippen LogP contribution in [0.2, 0.25) is 0 Å². The van der Waals surface area contributed by atoms with Crippen LogP contribution < -0.4 is 15.4 Å². The molecule has 2 aromatic carbocycles. The van der Waals surface area contributed by atoms with Crippen LogP contribution in [0.1, 0.15) is 5.56 Å². The van der Waals surface area contributed by atoms with Crippen molar-refractivity contribution in [3.8, 4) is 5.75 Å². The van der Waals surface area contributed by atoms with Crippen molar-refractivity contribution >= 4 is 23.1 Å². The fourth-order valence-electron chi connectivity index (χ4n) is 2.32. The van der Waals surface area contributed by atoms with E-state index in [0.717, 1.165) is 0 Å². The number of imide groups is 1. The lowest BCUT2D eigenvalue weighted by molar-refractivity contribution is -0.123. The monoisotopic (exact) mass is 330 g/mol. The van der Waals surface area contributed by atoms with Gasteiger partial charge in [0.15, 0.2) is 0 Å². The highest BCUT2D eigenvalue weighted by molar-refractivity contribution is 6.36. The van der Waals surface area contributed by atoms with Crippen molar-refractivity contribution in [1.29, 1.82) is 0 Å². The van der Waals surface area contributed by atoms with Crippen LogP contribution in [0.3, 0.4) is 0 Å². The summed E-state index contributed by atoms with van der Waals surface area (Å²) in [6.45, 7) is -2.91. The Morgan fingerprint density at radius 1 is 0.917 bits per heavy atom. The number of carbonyl (C=O) groups excluding carboxylic acids is 2. The number of ether oxygens (including phenoxy) is 1. The van der Waals surface area contributed by atoms with Gasteiger partial charge in [0.25, 0.3) is 11.8 Å². The van der Waals surface area contributed by atoms with Crippen LogP contribution in [0.15, 0.2) is 60.3 Å². The maximum Gasteiger partial charge on any atom is 0.387 e. The maximum absolute atomic E-state index is 12.1. The van der Waals surface area contributed by atoms with Crippen molar-refractivity contribution in [2.75, 3.05) is 5.32 Å². The lowest BCUT2D eigenvalue weighted by Crippen LogP contribution is -2.24. The van der Waals surface area contributed by atoms with Gasteiger partial charge in [-0.1, -0.05) is 30.3 Å². The van der Waals surface area contributed by atoms with Gasteiger partial charge < -0.3 is 10.1 Å². The Morgan fingerprint density at radius 3 is 2.21 bits per heavy atom. The Labute approximate surface area is 135 Å². The van der Waals surface area contributed by atoms with Crippen molar-refractivity contribution in [2.24, 2.45) is 0 Å². The number of alkyl halides is 2. The minimum absolute atomic E-state index is 0.000220. The molecule has 2 amide bonds. The zero-order valence-electron chi connectivity index (χ0n) is 12.3. The first-order chi connectivity index (χ1) is 11.5. The van der Waals surface area contributed by atoms with Crippen LogP contribution in [-0.2, 0) is 9.59 Å². The molecule has 7 heteroatoms. The highest BCUT2D eigenvalue weighted by Crippen LogP contribution is 2.26. The van der Waals surface area contributed by atoms with Gasteiger partial charge in [-0.05, 0) is 29.8 Å². The van der Waals surface area contributed by atoms with E-state index in [-0.39, 0.29) is 17.0 Å². The number of benzene rings is 2. The molecule has 0 aromatic heterocycles. The Hall–Kier alpha value is -3.22. The molecular formula is C17H12F2N2O3. The van der Waals surface area contributed by atoms with Gasteiger partial charge in [0.05, 0.1) is 5.57 Å². The number of anilines is 1. The third kappa shape index (κ3) is 3.24. The lowest BCUT2D eigenvalue weighted by Gasteiger charge is -2.09. The van der Waals surface area contributed by atoms with E-state index >= 15 is 0 Å². The molecule has 0 radical (unpaired) electrons. The van der Waals surface area contributed by atoms with Gasteiger partial charge in [-0.15, -0.1) is 0 Å². The Balaban J connectivity index is 1.90. The number of amides is 2. The Bertz CT molecular complexity index is 802. The Kier molecular flexibility index (Phi) is 4.24. The molecule has 0 fully saturated rings. The molecule has 0 aliphatic carbocycles. The van der Waals surface area contributed by atoms with E-state index < -0.39 is 18.4 Å². The number of hydrogen-bond donors (Lipinski definition) is 2. The van der Waals surface area contributed by atoms with Crippen LogP contribution in [0, 0.1) is 0 Å². The van der Waals surface area contributed by atoms with E-state index in [4.69, 9.17) is 0 Å². The van der Waals surface area contributed by atoms with Crippen molar-refractivity contribution in [3.05, 3.63) is 65.9 Å². The highest BCUT2D eigenvalue weighted by Gasteiger charge is 2.31. The predicted octanol–water partition coefficient (Wildman–Crippen LogP) is 2.77. The minimum atomic E-state index is -2.91. The molecule has 0 unspecified atom stereocenters.